The first-order chi connectivity index (χ1) is 9.11. The molecule has 1 aliphatic heterocycles. The van der Waals surface area contributed by atoms with Crippen molar-refractivity contribution in [2.75, 3.05) is 25.4 Å². The molecule has 1 unspecified atom stereocenters. The minimum absolute atomic E-state index is 0.0899. The van der Waals surface area contributed by atoms with Crippen molar-refractivity contribution in [1.82, 2.24) is 10.2 Å². The Morgan fingerprint density at radius 3 is 3.05 bits per heavy atom. The highest BCUT2D eigenvalue weighted by molar-refractivity contribution is 9.10. The van der Waals surface area contributed by atoms with Crippen LogP contribution in [0.2, 0.25) is 0 Å². The van der Waals surface area contributed by atoms with Gasteiger partial charge in [0.2, 0.25) is 0 Å². The zero-order chi connectivity index (χ0) is 13.8. The number of nitrogen functional groups attached to an aromatic ring is 1. The lowest BCUT2D eigenvalue weighted by Crippen LogP contribution is -2.40. The highest BCUT2D eigenvalue weighted by atomic mass is 79.9. The second kappa shape index (κ2) is 6.39. The van der Waals surface area contributed by atoms with Gasteiger partial charge in [-0.2, -0.15) is 0 Å². The topological polar surface area (TPSA) is 58.4 Å². The minimum atomic E-state index is -0.0899. The van der Waals surface area contributed by atoms with Crippen LogP contribution in [0, 0.1) is 0 Å². The van der Waals surface area contributed by atoms with E-state index in [0.717, 1.165) is 24.0 Å². The first-order valence-electron chi connectivity index (χ1n) is 6.69. The number of anilines is 1. The fourth-order valence-corrected chi connectivity index (χ4v) is 2.97. The summed E-state index contributed by atoms with van der Waals surface area (Å²) in [6.07, 6.45) is 2.37. The zero-order valence-electron chi connectivity index (χ0n) is 11.2. The lowest BCUT2D eigenvalue weighted by atomic mass is 10.1. The molecule has 0 radical (unpaired) electrons. The van der Waals surface area contributed by atoms with Gasteiger partial charge < -0.3 is 11.1 Å². The normalized spacial score (nSPS) is 19.6. The van der Waals surface area contributed by atoms with Crippen LogP contribution in [0.3, 0.4) is 0 Å². The fourth-order valence-electron chi connectivity index (χ4n) is 2.59. The van der Waals surface area contributed by atoms with Crippen LogP contribution in [-0.4, -0.2) is 36.5 Å². The number of nitrogens with two attached hydrogens (primary N) is 1. The van der Waals surface area contributed by atoms with Gasteiger partial charge in [-0.1, -0.05) is 22.9 Å². The molecule has 5 heteroatoms. The molecule has 2 rings (SSSR count). The van der Waals surface area contributed by atoms with E-state index >= 15 is 0 Å². The molecule has 0 aromatic heterocycles. The molecule has 1 aromatic rings. The average Bonchev–Trinajstić information content (AvgIpc) is 2.83. The van der Waals surface area contributed by atoms with Crippen LogP contribution in [0.4, 0.5) is 5.69 Å². The number of hydrogen-bond acceptors (Lipinski definition) is 3. The fraction of sp³-hybridized carbons (Fsp3) is 0.500. The van der Waals surface area contributed by atoms with Gasteiger partial charge in [-0.15, -0.1) is 0 Å². The van der Waals surface area contributed by atoms with Gasteiger partial charge in [0, 0.05) is 22.7 Å². The molecule has 0 spiro atoms. The number of benzene rings is 1. The average molecular weight is 326 g/mol. The number of amides is 1. The summed E-state index contributed by atoms with van der Waals surface area (Å²) in [5.74, 6) is -0.0899. The van der Waals surface area contributed by atoms with Crippen molar-refractivity contribution in [3.05, 3.63) is 28.2 Å². The van der Waals surface area contributed by atoms with Gasteiger partial charge in [0.05, 0.1) is 5.56 Å². The van der Waals surface area contributed by atoms with Gasteiger partial charge >= 0.3 is 0 Å². The predicted octanol–water partition coefficient (Wildman–Crippen LogP) is 2.25. The summed E-state index contributed by atoms with van der Waals surface area (Å²) in [5.41, 5.74) is 6.91. The Morgan fingerprint density at radius 2 is 2.37 bits per heavy atom. The maximum atomic E-state index is 12.1. The minimum Gasteiger partial charge on any atom is -0.398 e. The van der Waals surface area contributed by atoms with E-state index in [2.05, 4.69) is 33.1 Å². The van der Waals surface area contributed by atoms with Gasteiger partial charge in [-0.05, 0) is 44.1 Å². The largest absolute Gasteiger partial charge is 0.398 e. The highest BCUT2D eigenvalue weighted by Gasteiger charge is 2.23. The molecule has 0 aliphatic carbocycles. The third kappa shape index (κ3) is 3.48. The van der Waals surface area contributed by atoms with Crippen LogP contribution in [0.1, 0.15) is 30.1 Å². The Kier molecular flexibility index (Phi) is 4.82. The van der Waals surface area contributed by atoms with Gasteiger partial charge in [-0.25, -0.2) is 0 Å². The van der Waals surface area contributed by atoms with E-state index in [1.54, 1.807) is 12.1 Å². The van der Waals surface area contributed by atoms with Gasteiger partial charge in [0.25, 0.3) is 5.91 Å². The monoisotopic (exact) mass is 325 g/mol. The lowest BCUT2D eigenvalue weighted by molar-refractivity contribution is 0.0942. The van der Waals surface area contributed by atoms with Crippen molar-refractivity contribution in [3.8, 4) is 0 Å². The molecule has 104 valence electrons. The Hall–Kier alpha value is -1.07. The Bertz CT molecular complexity index is 464. The van der Waals surface area contributed by atoms with E-state index in [1.165, 1.54) is 6.42 Å². The Labute approximate surface area is 122 Å². The molecule has 1 amide bonds. The molecular formula is C14H20BrN3O. The second-order valence-electron chi connectivity index (χ2n) is 4.87. The maximum absolute atomic E-state index is 12.1. The molecule has 4 nitrogen and oxygen atoms in total. The standard InChI is InChI=1S/C14H20BrN3O/c1-2-18-7-3-4-11(18)9-17-14(19)12-6-5-10(15)8-13(12)16/h5-6,8,11H,2-4,7,9,16H2,1H3,(H,17,19). The smallest absolute Gasteiger partial charge is 0.253 e. The first kappa shape index (κ1) is 14.3. The van der Waals surface area contributed by atoms with Crippen LogP contribution < -0.4 is 11.1 Å². The van der Waals surface area contributed by atoms with Crippen LogP contribution in [-0.2, 0) is 0 Å². The SMILES string of the molecule is CCN1CCCC1CNC(=O)c1ccc(Br)cc1N. The van der Waals surface area contributed by atoms with Crippen molar-refractivity contribution in [2.45, 2.75) is 25.8 Å². The van der Waals surface area contributed by atoms with E-state index in [9.17, 15) is 4.79 Å². The van der Waals surface area contributed by atoms with E-state index in [-0.39, 0.29) is 5.91 Å². The molecule has 0 bridgehead atoms. The quantitative estimate of drug-likeness (QED) is 0.835. The van der Waals surface area contributed by atoms with Crippen LogP contribution in [0.25, 0.3) is 0 Å². The summed E-state index contributed by atoms with van der Waals surface area (Å²) in [6.45, 7) is 5.04. The maximum Gasteiger partial charge on any atom is 0.253 e. The predicted molar refractivity (Wildman–Crippen MR) is 81.2 cm³/mol. The van der Waals surface area contributed by atoms with Crippen molar-refractivity contribution in [1.29, 1.82) is 0 Å². The molecular weight excluding hydrogens is 306 g/mol. The third-order valence-corrected chi connectivity index (χ3v) is 4.15. The summed E-state index contributed by atoms with van der Waals surface area (Å²) in [5, 5.41) is 2.99. The number of carbonyl (C=O) groups excluding carboxylic acids is 1. The van der Waals surface area contributed by atoms with Gasteiger partial charge in [0.15, 0.2) is 0 Å². The van der Waals surface area contributed by atoms with E-state index in [0.29, 0.717) is 23.8 Å². The Morgan fingerprint density at radius 1 is 1.58 bits per heavy atom. The van der Waals surface area contributed by atoms with E-state index in [4.69, 9.17) is 5.73 Å². The molecule has 1 atom stereocenters. The summed E-state index contributed by atoms with van der Waals surface area (Å²) in [7, 11) is 0. The van der Waals surface area contributed by atoms with Crippen LogP contribution in [0.5, 0.6) is 0 Å². The lowest BCUT2D eigenvalue weighted by Gasteiger charge is -2.23. The summed E-state index contributed by atoms with van der Waals surface area (Å²) < 4.78 is 0.884. The summed E-state index contributed by atoms with van der Waals surface area (Å²) in [6, 6.07) is 5.80. The number of carbonyl (C=O) groups is 1. The van der Waals surface area contributed by atoms with Crippen molar-refractivity contribution >= 4 is 27.5 Å². The summed E-state index contributed by atoms with van der Waals surface area (Å²) >= 11 is 3.34. The molecule has 1 saturated heterocycles. The molecule has 3 N–H and O–H groups in total. The molecule has 0 saturated carbocycles. The second-order valence-corrected chi connectivity index (χ2v) is 5.78. The number of nitrogens with zero attached hydrogens (tertiary/aromatic N) is 1. The number of rotatable bonds is 4. The van der Waals surface area contributed by atoms with Gasteiger partial charge in [-0.3, -0.25) is 9.69 Å². The molecule has 1 heterocycles. The van der Waals surface area contributed by atoms with Crippen molar-refractivity contribution in [2.24, 2.45) is 0 Å². The first-order valence-corrected chi connectivity index (χ1v) is 7.48. The number of nitrogens with one attached hydrogen (secondary N) is 1. The van der Waals surface area contributed by atoms with E-state index in [1.807, 2.05) is 6.07 Å². The number of likely N-dealkylation sites (tertiary alicyclic amines) is 1. The Balaban J connectivity index is 1.94. The molecule has 19 heavy (non-hydrogen) atoms. The van der Waals surface area contributed by atoms with Crippen LogP contribution in [0.15, 0.2) is 22.7 Å². The van der Waals surface area contributed by atoms with Crippen molar-refractivity contribution < 1.29 is 4.79 Å². The number of likely N-dealkylation sites (N-methyl/N-ethyl adjacent to an activating group) is 1. The van der Waals surface area contributed by atoms with Crippen molar-refractivity contribution in [3.63, 3.8) is 0 Å². The zero-order valence-corrected chi connectivity index (χ0v) is 12.7. The highest BCUT2D eigenvalue weighted by Crippen LogP contribution is 2.19. The third-order valence-electron chi connectivity index (χ3n) is 3.66. The number of halogens is 1. The van der Waals surface area contributed by atoms with E-state index < -0.39 is 0 Å². The van der Waals surface area contributed by atoms with Crippen LogP contribution >= 0.6 is 15.9 Å². The molecule has 1 aromatic carbocycles. The number of hydrogen-bond donors (Lipinski definition) is 2. The molecule has 1 aliphatic rings. The summed E-state index contributed by atoms with van der Waals surface area (Å²) in [4.78, 5) is 14.5. The van der Waals surface area contributed by atoms with Gasteiger partial charge in [0.1, 0.15) is 0 Å². The molecule has 1 fully saturated rings.